The van der Waals surface area contributed by atoms with Gasteiger partial charge in [-0.1, -0.05) is 0 Å². The summed E-state index contributed by atoms with van der Waals surface area (Å²) in [5.41, 5.74) is -2.94. The van der Waals surface area contributed by atoms with Gasteiger partial charge in [-0.2, -0.15) is 31.6 Å². The van der Waals surface area contributed by atoms with Gasteiger partial charge in [0.15, 0.2) is 0 Å². The summed E-state index contributed by atoms with van der Waals surface area (Å²) >= 11 is 0. The van der Waals surface area contributed by atoms with Crippen LogP contribution in [0.5, 0.6) is 11.5 Å². The first kappa shape index (κ1) is 22.1. The van der Waals surface area contributed by atoms with Crippen molar-refractivity contribution in [2.24, 2.45) is 0 Å². The van der Waals surface area contributed by atoms with Crippen LogP contribution in [0.2, 0.25) is 0 Å². The monoisotopic (exact) mass is 416 g/mol. The number of ether oxygens (including phenoxy) is 2. The van der Waals surface area contributed by atoms with E-state index in [1.165, 1.54) is 18.2 Å². The molecule has 2 aromatic carbocycles. The number of nitrogens with one attached hydrogen (secondary N) is 1. The quantitative estimate of drug-likeness (QED) is 0.371. The maximum absolute atomic E-state index is 12.9. The second kappa shape index (κ2) is 8.86. The molecule has 0 aromatic heterocycles. The van der Waals surface area contributed by atoms with Crippen molar-refractivity contribution >= 4 is 6.21 Å². The van der Waals surface area contributed by atoms with Gasteiger partial charge >= 0.3 is 12.4 Å². The van der Waals surface area contributed by atoms with Gasteiger partial charge in [-0.3, -0.25) is 0 Å². The molecule has 2 aromatic rings. The van der Waals surface area contributed by atoms with Crippen LogP contribution < -0.4 is 9.47 Å². The standard InChI is InChI=1S/C19H14F6N2O2/c20-18(21,22)16-8-14(4-2-12(16)10-26)28-6-1-7-29-15-5-3-13(11-27)17(9-15)19(23,24)25/h2-5,8-10,26H,1,6-7H2. The van der Waals surface area contributed by atoms with Crippen LogP contribution in [-0.2, 0) is 12.4 Å². The van der Waals surface area contributed by atoms with Gasteiger partial charge < -0.3 is 14.9 Å². The summed E-state index contributed by atoms with van der Waals surface area (Å²) in [6.45, 7) is -0.0858. The topological polar surface area (TPSA) is 66.1 Å². The van der Waals surface area contributed by atoms with Crippen molar-refractivity contribution in [1.82, 2.24) is 0 Å². The molecule has 0 atom stereocenters. The highest BCUT2D eigenvalue weighted by Crippen LogP contribution is 2.35. The van der Waals surface area contributed by atoms with E-state index in [4.69, 9.17) is 20.1 Å². The summed E-state index contributed by atoms with van der Waals surface area (Å²) in [5.74, 6) is -0.147. The van der Waals surface area contributed by atoms with Gasteiger partial charge in [-0.25, -0.2) is 0 Å². The molecule has 0 aliphatic heterocycles. The van der Waals surface area contributed by atoms with E-state index >= 15 is 0 Å². The Balaban J connectivity index is 1.93. The molecule has 154 valence electrons. The molecule has 0 unspecified atom stereocenters. The third-order valence-corrected chi connectivity index (χ3v) is 3.73. The average molecular weight is 416 g/mol. The Bertz CT molecular complexity index is 916. The third-order valence-electron chi connectivity index (χ3n) is 3.73. The first-order chi connectivity index (χ1) is 13.6. The smallest absolute Gasteiger partial charge is 0.417 e. The molecule has 0 spiro atoms. The fourth-order valence-corrected chi connectivity index (χ4v) is 2.38. The maximum Gasteiger partial charge on any atom is 0.417 e. The predicted molar refractivity (Wildman–Crippen MR) is 91.1 cm³/mol. The molecule has 0 aliphatic carbocycles. The Morgan fingerprint density at radius 2 is 1.38 bits per heavy atom. The minimum Gasteiger partial charge on any atom is -0.493 e. The van der Waals surface area contributed by atoms with Gasteiger partial charge in [0.1, 0.15) is 11.5 Å². The van der Waals surface area contributed by atoms with Crippen LogP contribution in [0.25, 0.3) is 0 Å². The van der Waals surface area contributed by atoms with Crippen molar-refractivity contribution in [3.05, 3.63) is 58.7 Å². The highest BCUT2D eigenvalue weighted by Gasteiger charge is 2.34. The number of hydrogen-bond donors (Lipinski definition) is 1. The van der Waals surface area contributed by atoms with E-state index in [-0.39, 0.29) is 36.7 Å². The van der Waals surface area contributed by atoms with E-state index in [9.17, 15) is 26.3 Å². The lowest BCUT2D eigenvalue weighted by Gasteiger charge is -2.13. The number of rotatable bonds is 7. The molecule has 0 aliphatic rings. The largest absolute Gasteiger partial charge is 0.493 e. The molecular formula is C19H14F6N2O2. The van der Waals surface area contributed by atoms with Crippen molar-refractivity contribution in [3.8, 4) is 17.6 Å². The molecule has 10 heteroatoms. The van der Waals surface area contributed by atoms with Gasteiger partial charge in [0, 0.05) is 18.2 Å². The van der Waals surface area contributed by atoms with Crippen molar-refractivity contribution in [1.29, 1.82) is 10.7 Å². The predicted octanol–water partition coefficient (Wildman–Crippen LogP) is 5.44. The van der Waals surface area contributed by atoms with Crippen molar-refractivity contribution < 1.29 is 35.8 Å². The Kier molecular flexibility index (Phi) is 6.74. The average Bonchev–Trinajstić information content (AvgIpc) is 2.66. The summed E-state index contributed by atoms with van der Waals surface area (Å²) < 4.78 is 87.9. The molecule has 0 fully saturated rings. The van der Waals surface area contributed by atoms with E-state index in [0.29, 0.717) is 12.3 Å². The molecule has 0 saturated heterocycles. The summed E-state index contributed by atoms with van der Waals surface area (Å²) in [5, 5.41) is 15.8. The lowest BCUT2D eigenvalue weighted by molar-refractivity contribution is -0.138. The first-order valence-corrected chi connectivity index (χ1v) is 8.15. The molecule has 0 radical (unpaired) electrons. The molecule has 0 amide bonds. The lowest BCUT2D eigenvalue weighted by atomic mass is 10.1. The van der Waals surface area contributed by atoms with E-state index in [1.54, 1.807) is 0 Å². The Morgan fingerprint density at radius 3 is 1.86 bits per heavy atom. The number of alkyl halides is 6. The van der Waals surface area contributed by atoms with Crippen molar-refractivity contribution in [3.63, 3.8) is 0 Å². The Labute approximate surface area is 161 Å². The van der Waals surface area contributed by atoms with Gasteiger partial charge in [-0.05, 0) is 36.4 Å². The van der Waals surface area contributed by atoms with E-state index < -0.39 is 29.0 Å². The third kappa shape index (κ3) is 5.88. The van der Waals surface area contributed by atoms with Crippen LogP contribution in [0.4, 0.5) is 26.3 Å². The zero-order valence-corrected chi connectivity index (χ0v) is 14.7. The number of nitrogens with zero attached hydrogens (tertiary/aromatic N) is 1. The fraction of sp³-hybridized carbons (Fsp3) is 0.263. The molecule has 2 rings (SSSR count). The molecule has 0 heterocycles. The second-order valence-corrected chi connectivity index (χ2v) is 5.76. The Hall–Kier alpha value is -3.22. The molecule has 29 heavy (non-hydrogen) atoms. The zero-order valence-electron chi connectivity index (χ0n) is 14.7. The molecule has 0 bridgehead atoms. The summed E-state index contributed by atoms with van der Waals surface area (Å²) in [7, 11) is 0. The van der Waals surface area contributed by atoms with Crippen LogP contribution in [-0.4, -0.2) is 19.4 Å². The van der Waals surface area contributed by atoms with Crippen LogP contribution in [0.15, 0.2) is 36.4 Å². The number of nitriles is 1. The molecular weight excluding hydrogens is 402 g/mol. The fourth-order valence-electron chi connectivity index (χ4n) is 2.38. The Morgan fingerprint density at radius 1 is 0.862 bits per heavy atom. The first-order valence-electron chi connectivity index (χ1n) is 8.15. The highest BCUT2D eigenvalue weighted by molar-refractivity contribution is 5.80. The van der Waals surface area contributed by atoms with Crippen LogP contribution in [0.1, 0.15) is 28.7 Å². The number of benzene rings is 2. The zero-order chi connectivity index (χ0) is 21.7. The maximum atomic E-state index is 12.9. The van der Waals surface area contributed by atoms with Gasteiger partial charge in [0.25, 0.3) is 0 Å². The summed E-state index contributed by atoms with van der Waals surface area (Å²) in [4.78, 5) is 0. The normalized spacial score (nSPS) is 11.6. The second-order valence-electron chi connectivity index (χ2n) is 5.76. The van der Waals surface area contributed by atoms with E-state index in [0.717, 1.165) is 18.2 Å². The van der Waals surface area contributed by atoms with Gasteiger partial charge in [-0.15, -0.1) is 0 Å². The van der Waals surface area contributed by atoms with Crippen LogP contribution >= 0.6 is 0 Å². The van der Waals surface area contributed by atoms with Gasteiger partial charge in [0.05, 0.1) is 36.0 Å². The molecule has 0 saturated carbocycles. The van der Waals surface area contributed by atoms with E-state index in [1.807, 2.05) is 0 Å². The van der Waals surface area contributed by atoms with Gasteiger partial charge in [0.2, 0.25) is 0 Å². The van der Waals surface area contributed by atoms with Crippen LogP contribution in [0, 0.1) is 16.7 Å². The summed E-state index contributed by atoms with van der Waals surface area (Å²) in [6, 6.07) is 7.56. The number of hydrogen-bond acceptors (Lipinski definition) is 4. The molecule has 4 nitrogen and oxygen atoms in total. The van der Waals surface area contributed by atoms with Crippen molar-refractivity contribution in [2.75, 3.05) is 13.2 Å². The SMILES string of the molecule is N#Cc1ccc(OCCCOc2ccc(C=N)c(C(F)(F)F)c2)cc1C(F)(F)F. The van der Waals surface area contributed by atoms with E-state index in [2.05, 4.69) is 0 Å². The minimum absolute atomic E-state index is 0.0381. The lowest BCUT2D eigenvalue weighted by Crippen LogP contribution is -2.11. The number of halogens is 6. The summed E-state index contributed by atoms with van der Waals surface area (Å²) in [6.07, 6.45) is -8.56. The molecule has 1 N–H and O–H groups in total. The highest BCUT2D eigenvalue weighted by atomic mass is 19.4. The van der Waals surface area contributed by atoms with Crippen molar-refractivity contribution in [2.45, 2.75) is 18.8 Å². The minimum atomic E-state index is -4.70. The van der Waals surface area contributed by atoms with Crippen LogP contribution in [0.3, 0.4) is 0 Å².